The number of aryl methyl sites for hydroxylation is 1. The van der Waals surface area contributed by atoms with Gasteiger partial charge in [0.25, 0.3) is 0 Å². The van der Waals surface area contributed by atoms with Gasteiger partial charge in [-0.2, -0.15) is 4.98 Å². The Bertz CT molecular complexity index is 640. The van der Waals surface area contributed by atoms with Crippen molar-refractivity contribution in [3.8, 4) is 0 Å². The molecule has 2 N–H and O–H groups in total. The van der Waals surface area contributed by atoms with Crippen LogP contribution in [-0.2, 0) is 6.54 Å². The smallest absolute Gasteiger partial charge is 0.228 e. The molecule has 1 aliphatic carbocycles. The van der Waals surface area contributed by atoms with E-state index < -0.39 is 0 Å². The Morgan fingerprint density at radius 3 is 2.46 bits per heavy atom. The quantitative estimate of drug-likeness (QED) is 0.866. The molecule has 128 valence electrons. The van der Waals surface area contributed by atoms with E-state index in [0.29, 0.717) is 11.9 Å². The predicted molar refractivity (Wildman–Crippen MR) is 97.8 cm³/mol. The number of anilines is 2. The van der Waals surface area contributed by atoms with E-state index in [0.717, 1.165) is 29.4 Å². The van der Waals surface area contributed by atoms with Crippen LogP contribution in [0.3, 0.4) is 0 Å². The fourth-order valence-corrected chi connectivity index (χ4v) is 3.36. The highest BCUT2D eigenvalue weighted by atomic mass is 15.3. The van der Waals surface area contributed by atoms with Crippen molar-refractivity contribution in [2.75, 3.05) is 10.6 Å². The highest BCUT2D eigenvalue weighted by Crippen LogP contribution is 2.27. The van der Waals surface area contributed by atoms with Crippen LogP contribution in [0.4, 0.5) is 11.8 Å². The van der Waals surface area contributed by atoms with E-state index in [1.165, 1.54) is 38.5 Å². The zero-order chi connectivity index (χ0) is 16.9. The third kappa shape index (κ3) is 3.83. The average molecular weight is 325 g/mol. The molecule has 5 heteroatoms. The zero-order valence-electron chi connectivity index (χ0n) is 14.7. The lowest BCUT2D eigenvalue weighted by Crippen LogP contribution is -2.36. The summed E-state index contributed by atoms with van der Waals surface area (Å²) in [5, 5.41) is 0. The van der Waals surface area contributed by atoms with Crippen molar-refractivity contribution in [1.82, 2.24) is 15.0 Å². The lowest BCUT2D eigenvalue weighted by atomic mass is 10.1. The monoisotopic (exact) mass is 325 g/mol. The predicted octanol–water partition coefficient (Wildman–Crippen LogP) is 3.80. The Labute approximate surface area is 144 Å². The maximum atomic E-state index is 6.12. The van der Waals surface area contributed by atoms with Gasteiger partial charge in [0.05, 0.1) is 12.2 Å². The summed E-state index contributed by atoms with van der Waals surface area (Å²) < 4.78 is 0. The van der Waals surface area contributed by atoms with Crippen molar-refractivity contribution in [3.05, 3.63) is 41.3 Å². The summed E-state index contributed by atoms with van der Waals surface area (Å²) in [6.07, 6.45) is 9.39. The van der Waals surface area contributed by atoms with Crippen LogP contribution in [0.5, 0.6) is 0 Å². The van der Waals surface area contributed by atoms with Gasteiger partial charge in [0.2, 0.25) is 5.95 Å². The number of hydrogen-bond acceptors (Lipinski definition) is 5. The molecule has 3 rings (SSSR count). The topological polar surface area (TPSA) is 67.9 Å². The van der Waals surface area contributed by atoms with E-state index >= 15 is 0 Å². The number of hydrogen-bond donors (Lipinski definition) is 1. The molecular formula is C19H27N5. The summed E-state index contributed by atoms with van der Waals surface area (Å²) in [4.78, 5) is 16.2. The van der Waals surface area contributed by atoms with Gasteiger partial charge in [-0.25, -0.2) is 4.98 Å². The first-order valence-electron chi connectivity index (χ1n) is 8.92. The standard InChI is InChI=1S/C19H27N5/c1-14-15(2)22-19(23-18(14)20)24(13-16-9-7-8-12-21-16)17-10-5-3-4-6-11-17/h7-9,12,17H,3-6,10-11,13H2,1-2H3,(H2,20,22,23). The Morgan fingerprint density at radius 2 is 1.83 bits per heavy atom. The van der Waals surface area contributed by atoms with Crippen molar-refractivity contribution in [2.45, 2.75) is 65.0 Å². The van der Waals surface area contributed by atoms with Gasteiger partial charge in [-0.1, -0.05) is 31.7 Å². The van der Waals surface area contributed by atoms with Crippen LogP contribution in [0.2, 0.25) is 0 Å². The van der Waals surface area contributed by atoms with Crippen molar-refractivity contribution in [1.29, 1.82) is 0 Å². The van der Waals surface area contributed by atoms with Crippen molar-refractivity contribution in [2.24, 2.45) is 0 Å². The third-order valence-corrected chi connectivity index (χ3v) is 5.00. The minimum atomic E-state index is 0.455. The summed E-state index contributed by atoms with van der Waals surface area (Å²) in [7, 11) is 0. The van der Waals surface area contributed by atoms with Crippen LogP contribution in [0, 0.1) is 13.8 Å². The molecule has 5 nitrogen and oxygen atoms in total. The fraction of sp³-hybridized carbons (Fsp3) is 0.526. The second-order valence-corrected chi connectivity index (χ2v) is 6.71. The van der Waals surface area contributed by atoms with Crippen molar-refractivity contribution in [3.63, 3.8) is 0 Å². The summed E-state index contributed by atoms with van der Waals surface area (Å²) in [6, 6.07) is 6.50. The van der Waals surface area contributed by atoms with Gasteiger partial charge in [0.15, 0.2) is 0 Å². The lowest BCUT2D eigenvalue weighted by molar-refractivity contribution is 0.510. The first-order valence-corrected chi connectivity index (χ1v) is 8.92. The summed E-state index contributed by atoms with van der Waals surface area (Å²) in [6.45, 7) is 4.71. The molecule has 1 fully saturated rings. The second kappa shape index (κ2) is 7.60. The van der Waals surface area contributed by atoms with Crippen LogP contribution in [-0.4, -0.2) is 21.0 Å². The number of nitrogen functional groups attached to an aromatic ring is 1. The molecule has 0 aromatic carbocycles. The molecule has 0 spiro atoms. The molecule has 2 aromatic heterocycles. The molecule has 0 radical (unpaired) electrons. The van der Waals surface area contributed by atoms with E-state index in [2.05, 4.69) is 20.9 Å². The molecule has 2 heterocycles. The molecular weight excluding hydrogens is 298 g/mol. The molecule has 0 unspecified atom stereocenters. The minimum absolute atomic E-state index is 0.455. The van der Waals surface area contributed by atoms with Crippen molar-refractivity contribution >= 4 is 11.8 Å². The average Bonchev–Trinajstić information content (AvgIpc) is 2.87. The Morgan fingerprint density at radius 1 is 1.08 bits per heavy atom. The molecule has 1 saturated carbocycles. The lowest BCUT2D eigenvalue weighted by Gasteiger charge is -2.31. The highest BCUT2D eigenvalue weighted by molar-refractivity contribution is 5.47. The Kier molecular flexibility index (Phi) is 5.28. The normalized spacial score (nSPS) is 15.9. The Balaban J connectivity index is 1.94. The van der Waals surface area contributed by atoms with Gasteiger partial charge < -0.3 is 10.6 Å². The van der Waals surface area contributed by atoms with Crippen LogP contribution >= 0.6 is 0 Å². The third-order valence-electron chi connectivity index (χ3n) is 5.00. The first-order chi connectivity index (χ1) is 11.6. The van der Waals surface area contributed by atoms with Crippen molar-refractivity contribution < 1.29 is 0 Å². The van der Waals surface area contributed by atoms with Gasteiger partial charge in [-0.05, 0) is 38.8 Å². The Hall–Kier alpha value is -2.17. The van der Waals surface area contributed by atoms with Gasteiger partial charge in [-0.15, -0.1) is 0 Å². The second-order valence-electron chi connectivity index (χ2n) is 6.71. The number of nitrogens with two attached hydrogens (primary N) is 1. The molecule has 0 saturated heterocycles. The molecule has 0 atom stereocenters. The number of nitrogens with zero attached hydrogens (tertiary/aromatic N) is 4. The van der Waals surface area contributed by atoms with E-state index in [1.807, 2.05) is 32.2 Å². The molecule has 24 heavy (non-hydrogen) atoms. The summed E-state index contributed by atoms with van der Waals surface area (Å²) >= 11 is 0. The van der Waals surface area contributed by atoms with Gasteiger partial charge >= 0.3 is 0 Å². The van der Waals surface area contributed by atoms with Crippen LogP contribution in [0.25, 0.3) is 0 Å². The molecule has 1 aliphatic rings. The first kappa shape index (κ1) is 16.7. The number of pyridine rings is 1. The van der Waals surface area contributed by atoms with Crippen LogP contribution in [0.1, 0.15) is 55.5 Å². The molecule has 0 amide bonds. The maximum absolute atomic E-state index is 6.12. The number of rotatable bonds is 4. The fourth-order valence-electron chi connectivity index (χ4n) is 3.36. The van der Waals surface area contributed by atoms with E-state index in [1.54, 1.807) is 0 Å². The maximum Gasteiger partial charge on any atom is 0.228 e. The minimum Gasteiger partial charge on any atom is -0.383 e. The van der Waals surface area contributed by atoms with Gasteiger partial charge in [-0.3, -0.25) is 4.98 Å². The van der Waals surface area contributed by atoms with E-state index in [-0.39, 0.29) is 0 Å². The SMILES string of the molecule is Cc1nc(N(Cc2ccccn2)C2CCCCCC2)nc(N)c1C. The number of aromatic nitrogens is 3. The highest BCUT2D eigenvalue weighted by Gasteiger charge is 2.24. The molecule has 0 bridgehead atoms. The zero-order valence-corrected chi connectivity index (χ0v) is 14.7. The van der Waals surface area contributed by atoms with Gasteiger partial charge in [0, 0.05) is 23.5 Å². The van der Waals surface area contributed by atoms with Crippen LogP contribution in [0.15, 0.2) is 24.4 Å². The van der Waals surface area contributed by atoms with E-state index in [4.69, 9.17) is 10.7 Å². The van der Waals surface area contributed by atoms with Gasteiger partial charge in [0.1, 0.15) is 5.82 Å². The summed E-state index contributed by atoms with van der Waals surface area (Å²) in [5.41, 5.74) is 9.09. The largest absolute Gasteiger partial charge is 0.383 e. The molecule has 0 aliphatic heterocycles. The molecule has 2 aromatic rings. The van der Waals surface area contributed by atoms with Crippen LogP contribution < -0.4 is 10.6 Å². The van der Waals surface area contributed by atoms with E-state index in [9.17, 15) is 0 Å². The summed E-state index contributed by atoms with van der Waals surface area (Å²) in [5.74, 6) is 1.32.